The van der Waals surface area contributed by atoms with E-state index in [2.05, 4.69) is 25.6 Å². The van der Waals surface area contributed by atoms with Gasteiger partial charge in [0.15, 0.2) is 6.61 Å². The van der Waals surface area contributed by atoms with Crippen LogP contribution in [-0.4, -0.2) is 20.3 Å². The van der Waals surface area contributed by atoms with Crippen LogP contribution in [0.2, 0.25) is 0 Å². The first-order valence-corrected chi connectivity index (χ1v) is 7.97. The zero-order valence-corrected chi connectivity index (χ0v) is 13.7. The highest BCUT2D eigenvalue weighted by Gasteiger charge is 2.10. The number of hydrogen-bond donors (Lipinski definition) is 1. The first-order chi connectivity index (χ1) is 12.9. The van der Waals surface area contributed by atoms with E-state index in [9.17, 15) is 0 Å². The Kier molecular flexibility index (Phi) is 4.55. The zero-order chi connectivity index (χ0) is 17.6. The molecule has 0 unspecified atom stereocenters. The fraction of sp³-hybridized carbons (Fsp3) is 0.111. The Bertz CT molecular complexity index is 937. The summed E-state index contributed by atoms with van der Waals surface area (Å²) in [5.74, 6) is 2.33. The summed E-state index contributed by atoms with van der Waals surface area (Å²) in [5, 5.41) is 10.9. The summed E-state index contributed by atoms with van der Waals surface area (Å²) >= 11 is 0. The number of anilines is 1. The maximum atomic E-state index is 5.60. The normalized spacial score (nSPS) is 10.6. The lowest BCUT2D eigenvalue weighted by atomic mass is 10.3. The predicted molar refractivity (Wildman–Crippen MR) is 92.1 cm³/mol. The van der Waals surface area contributed by atoms with Gasteiger partial charge in [-0.1, -0.05) is 28.5 Å². The van der Waals surface area contributed by atoms with Crippen molar-refractivity contribution in [2.24, 2.45) is 0 Å². The van der Waals surface area contributed by atoms with Crippen molar-refractivity contribution in [3.05, 3.63) is 72.5 Å². The molecule has 0 aliphatic carbocycles. The second-order valence-electron chi connectivity index (χ2n) is 5.39. The summed E-state index contributed by atoms with van der Waals surface area (Å²) in [7, 11) is 0. The Morgan fingerprint density at radius 2 is 1.92 bits per heavy atom. The molecule has 0 saturated heterocycles. The third-order valence-electron chi connectivity index (χ3n) is 3.53. The van der Waals surface area contributed by atoms with Gasteiger partial charge in [-0.2, -0.15) is 4.98 Å². The van der Waals surface area contributed by atoms with Crippen LogP contribution >= 0.6 is 0 Å². The maximum Gasteiger partial charge on any atom is 0.259 e. The third-order valence-corrected chi connectivity index (χ3v) is 3.53. The van der Waals surface area contributed by atoms with E-state index in [1.54, 1.807) is 12.3 Å². The largest absolute Gasteiger partial charge is 0.485 e. The third kappa shape index (κ3) is 3.86. The van der Waals surface area contributed by atoms with E-state index >= 15 is 0 Å². The van der Waals surface area contributed by atoms with E-state index in [4.69, 9.17) is 13.8 Å². The second kappa shape index (κ2) is 7.47. The average Bonchev–Trinajstić information content (AvgIpc) is 3.38. The van der Waals surface area contributed by atoms with Gasteiger partial charge < -0.3 is 19.1 Å². The number of benzene rings is 1. The summed E-state index contributed by atoms with van der Waals surface area (Å²) in [5.41, 5.74) is 1.53. The van der Waals surface area contributed by atoms with Gasteiger partial charge in [-0.3, -0.25) is 0 Å². The van der Waals surface area contributed by atoms with Crippen LogP contribution in [0, 0.1) is 0 Å². The van der Waals surface area contributed by atoms with E-state index in [-0.39, 0.29) is 6.61 Å². The van der Waals surface area contributed by atoms with E-state index in [0.717, 1.165) is 17.0 Å². The molecule has 3 heterocycles. The van der Waals surface area contributed by atoms with Gasteiger partial charge in [0.25, 0.3) is 5.89 Å². The molecule has 4 rings (SSSR count). The quantitative estimate of drug-likeness (QED) is 0.542. The highest BCUT2D eigenvalue weighted by molar-refractivity contribution is 5.54. The van der Waals surface area contributed by atoms with E-state index in [1.807, 2.05) is 42.5 Å². The molecular weight excluding hydrogens is 334 g/mol. The number of hydrogen-bond acceptors (Lipinski definition) is 8. The lowest BCUT2D eigenvalue weighted by Crippen LogP contribution is -2.01. The molecule has 8 nitrogen and oxygen atoms in total. The molecule has 8 heteroatoms. The Labute approximate surface area is 148 Å². The number of nitrogens with one attached hydrogen (secondary N) is 1. The van der Waals surface area contributed by atoms with Crippen molar-refractivity contribution in [2.45, 2.75) is 13.2 Å². The molecule has 4 aromatic rings. The molecule has 0 amide bonds. The SMILES string of the molecule is c1ccc(OCc2noc(-c3ccc(NCc4ccon4)nc3)n2)cc1. The van der Waals surface area contributed by atoms with Crippen LogP contribution in [0.1, 0.15) is 11.5 Å². The summed E-state index contributed by atoms with van der Waals surface area (Å²) < 4.78 is 15.7. The van der Waals surface area contributed by atoms with Gasteiger partial charge in [-0.15, -0.1) is 0 Å². The van der Waals surface area contributed by atoms with Crippen LogP contribution in [0.25, 0.3) is 11.5 Å². The number of ether oxygens (including phenoxy) is 1. The van der Waals surface area contributed by atoms with Crippen molar-refractivity contribution in [1.29, 1.82) is 0 Å². The lowest BCUT2D eigenvalue weighted by Gasteiger charge is -2.03. The summed E-state index contributed by atoms with van der Waals surface area (Å²) in [6.45, 7) is 0.767. The highest BCUT2D eigenvalue weighted by Crippen LogP contribution is 2.18. The Morgan fingerprint density at radius 3 is 2.69 bits per heavy atom. The van der Waals surface area contributed by atoms with Crippen LogP contribution in [0.4, 0.5) is 5.82 Å². The van der Waals surface area contributed by atoms with E-state index < -0.39 is 0 Å². The van der Waals surface area contributed by atoms with Crippen LogP contribution in [0.15, 0.2) is 70.0 Å². The van der Waals surface area contributed by atoms with Crippen LogP contribution in [-0.2, 0) is 13.2 Å². The molecule has 0 aliphatic rings. The molecule has 1 N–H and O–H groups in total. The standard InChI is InChI=1S/C18H15N5O3/c1-2-4-15(5-3-1)24-12-17-21-18(26-23-17)13-6-7-16(19-10-13)20-11-14-8-9-25-22-14/h1-10H,11-12H2,(H,19,20). The first kappa shape index (κ1) is 15.8. The summed E-state index contributed by atoms with van der Waals surface area (Å²) in [6.07, 6.45) is 3.20. The highest BCUT2D eigenvalue weighted by atomic mass is 16.5. The van der Waals surface area contributed by atoms with Crippen molar-refractivity contribution in [3.63, 3.8) is 0 Å². The molecule has 26 heavy (non-hydrogen) atoms. The van der Waals surface area contributed by atoms with Gasteiger partial charge in [0.05, 0.1) is 12.1 Å². The van der Waals surface area contributed by atoms with Crippen molar-refractivity contribution in [3.8, 4) is 17.2 Å². The van der Waals surface area contributed by atoms with Crippen LogP contribution < -0.4 is 10.1 Å². The van der Waals surface area contributed by atoms with Crippen LogP contribution in [0.5, 0.6) is 5.75 Å². The average molecular weight is 349 g/mol. The van der Waals surface area contributed by atoms with Gasteiger partial charge in [-0.05, 0) is 24.3 Å². The zero-order valence-electron chi connectivity index (χ0n) is 13.7. The Morgan fingerprint density at radius 1 is 1.00 bits per heavy atom. The number of para-hydroxylation sites is 1. The van der Waals surface area contributed by atoms with Gasteiger partial charge in [0.2, 0.25) is 5.82 Å². The van der Waals surface area contributed by atoms with Crippen molar-refractivity contribution in [2.75, 3.05) is 5.32 Å². The van der Waals surface area contributed by atoms with Gasteiger partial charge in [0.1, 0.15) is 23.5 Å². The minimum absolute atomic E-state index is 0.234. The van der Waals surface area contributed by atoms with Crippen LogP contribution in [0.3, 0.4) is 0 Å². The molecule has 0 saturated carbocycles. The number of pyridine rings is 1. The summed E-state index contributed by atoms with van der Waals surface area (Å²) in [4.78, 5) is 8.66. The molecule has 0 radical (unpaired) electrons. The van der Waals surface area contributed by atoms with Crippen molar-refractivity contribution >= 4 is 5.82 Å². The molecule has 0 aliphatic heterocycles. The Hall–Kier alpha value is -3.68. The van der Waals surface area contributed by atoms with E-state index in [1.165, 1.54) is 6.26 Å². The molecule has 0 bridgehead atoms. The molecule has 0 atom stereocenters. The minimum Gasteiger partial charge on any atom is -0.485 e. The minimum atomic E-state index is 0.234. The molecular formula is C18H15N5O3. The molecule has 0 spiro atoms. The number of nitrogens with zero attached hydrogens (tertiary/aromatic N) is 4. The lowest BCUT2D eigenvalue weighted by molar-refractivity contribution is 0.287. The van der Waals surface area contributed by atoms with Gasteiger partial charge in [0, 0.05) is 12.3 Å². The molecule has 1 aromatic carbocycles. The van der Waals surface area contributed by atoms with Gasteiger partial charge >= 0.3 is 0 Å². The molecule has 0 fully saturated rings. The second-order valence-corrected chi connectivity index (χ2v) is 5.39. The fourth-order valence-electron chi connectivity index (χ4n) is 2.23. The van der Waals surface area contributed by atoms with Gasteiger partial charge in [-0.25, -0.2) is 4.98 Å². The fourth-order valence-corrected chi connectivity index (χ4v) is 2.23. The summed E-state index contributed by atoms with van der Waals surface area (Å²) in [6, 6.07) is 15.0. The molecule has 130 valence electrons. The number of rotatable bonds is 7. The molecule has 3 aromatic heterocycles. The predicted octanol–water partition coefficient (Wildman–Crippen LogP) is 3.31. The Balaban J connectivity index is 1.36. The van der Waals surface area contributed by atoms with Crippen molar-refractivity contribution < 1.29 is 13.8 Å². The number of aromatic nitrogens is 4. The first-order valence-electron chi connectivity index (χ1n) is 7.97. The maximum absolute atomic E-state index is 5.60. The smallest absolute Gasteiger partial charge is 0.259 e. The van der Waals surface area contributed by atoms with E-state index in [0.29, 0.717) is 24.1 Å². The monoisotopic (exact) mass is 349 g/mol. The topological polar surface area (TPSA) is 99.1 Å². The van der Waals surface area contributed by atoms with Crippen molar-refractivity contribution in [1.82, 2.24) is 20.3 Å².